The number of carbonyl (C=O) groups is 1. The highest BCUT2D eigenvalue weighted by Crippen LogP contribution is 2.43. The van der Waals surface area contributed by atoms with Gasteiger partial charge in [0.1, 0.15) is 13.2 Å². The third-order valence-electron chi connectivity index (χ3n) is 13.2. The number of hydrogen-bond acceptors (Lipinski definition) is 5. The summed E-state index contributed by atoms with van der Waals surface area (Å²) in [6.07, 6.45) is 74.9. The Kier molecular flexibility index (Phi) is 51.8. The van der Waals surface area contributed by atoms with Crippen LogP contribution in [-0.4, -0.2) is 73.4 Å². The van der Waals surface area contributed by atoms with Gasteiger partial charge in [-0.25, -0.2) is 4.57 Å². The molecule has 0 aliphatic rings. The topological polar surface area (TPSA) is 105 Å². The number of phosphoric acid groups is 1. The molecule has 0 spiro atoms. The molecule has 0 rings (SSSR count). The summed E-state index contributed by atoms with van der Waals surface area (Å²) >= 11 is 0. The predicted molar refractivity (Wildman–Crippen MR) is 313 cm³/mol. The van der Waals surface area contributed by atoms with Gasteiger partial charge in [-0.1, -0.05) is 266 Å². The SMILES string of the molecule is CC/C=C\C/C=C\C/C=C\C/C=C\C/C=C\C/C=C\C/C=C\CCCCCCCCCC(=O)NC(COP(=O)(O)OCC[N+](C)(C)C)C(O)CCCCCCCCCCCCCCCCCCCCCCC. The molecule has 3 atom stereocenters. The third kappa shape index (κ3) is 55.4. The van der Waals surface area contributed by atoms with Crippen molar-refractivity contribution in [3.63, 3.8) is 0 Å². The molecule has 0 aromatic rings. The normalized spacial score (nSPS) is 14.5. The first kappa shape index (κ1) is 69.7. The predicted octanol–water partition coefficient (Wildman–Crippen LogP) is 18.4. The maximum absolute atomic E-state index is 13.0. The maximum Gasteiger partial charge on any atom is 0.472 e. The number of allylic oxidation sites excluding steroid dienone is 14. The van der Waals surface area contributed by atoms with Crippen LogP contribution in [0.15, 0.2) is 85.1 Å². The van der Waals surface area contributed by atoms with Gasteiger partial charge in [-0.15, -0.1) is 0 Å². The number of unbranched alkanes of at least 4 members (excludes halogenated alkanes) is 27. The fourth-order valence-corrected chi connectivity index (χ4v) is 9.23. The summed E-state index contributed by atoms with van der Waals surface area (Å²) in [5, 5.41) is 14.1. The van der Waals surface area contributed by atoms with Crippen LogP contribution in [0.3, 0.4) is 0 Å². The standard InChI is InChI=1S/C63H115N2O6P/c1-6-8-10-12-14-16-18-20-22-24-26-28-29-30-31-32-33-34-35-37-39-41-43-45-47-49-51-53-55-57-63(67)64-61(60-71-72(68,69)70-59-58-65(3,4)5)62(66)56-54-52-50-48-46-44-42-40-38-36-27-25-23-21-19-17-15-13-11-9-7-2/h8,10,14,16,20,22,26,28,30-31,33-34,37,39,61-62,66H,6-7,9,11-13,15,17-19,21,23-25,27,29,32,35-36,38,40-60H2,1-5H3,(H-,64,67,68,69)/p+1/b10-8-,16-14-,22-20-,28-26-,31-30-,34-33-,39-37-. The number of nitrogens with zero attached hydrogens (tertiary/aromatic N) is 1. The van der Waals surface area contributed by atoms with Crippen LogP contribution >= 0.6 is 7.82 Å². The number of nitrogens with one attached hydrogen (secondary N) is 1. The Hall–Kier alpha value is -2.32. The Labute approximate surface area is 446 Å². The van der Waals surface area contributed by atoms with Gasteiger partial charge < -0.3 is 19.8 Å². The van der Waals surface area contributed by atoms with Crippen LogP contribution in [0, 0.1) is 0 Å². The van der Waals surface area contributed by atoms with Crippen molar-refractivity contribution in [1.82, 2.24) is 5.32 Å². The number of amides is 1. The van der Waals surface area contributed by atoms with Crippen LogP contribution in [0.2, 0.25) is 0 Å². The van der Waals surface area contributed by atoms with Gasteiger partial charge in [0.2, 0.25) is 5.91 Å². The lowest BCUT2D eigenvalue weighted by Gasteiger charge is -2.26. The van der Waals surface area contributed by atoms with E-state index in [-0.39, 0.29) is 19.1 Å². The van der Waals surface area contributed by atoms with E-state index in [1.807, 2.05) is 21.1 Å². The lowest BCUT2D eigenvalue weighted by Crippen LogP contribution is -2.46. The van der Waals surface area contributed by atoms with E-state index in [9.17, 15) is 19.4 Å². The average Bonchev–Trinajstić information content (AvgIpc) is 3.34. The van der Waals surface area contributed by atoms with Gasteiger partial charge in [0.05, 0.1) is 39.9 Å². The van der Waals surface area contributed by atoms with Crippen LogP contribution in [0.4, 0.5) is 0 Å². The lowest BCUT2D eigenvalue weighted by molar-refractivity contribution is -0.870. The summed E-state index contributed by atoms with van der Waals surface area (Å²) in [6.45, 7) is 4.78. The van der Waals surface area contributed by atoms with E-state index in [2.05, 4.69) is 104 Å². The fourth-order valence-electron chi connectivity index (χ4n) is 8.50. The number of likely N-dealkylation sites (N-methyl/N-ethyl adjacent to an activating group) is 1. The van der Waals surface area contributed by atoms with Gasteiger partial charge in [0.15, 0.2) is 0 Å². The molecule has 0 aromatic heterocycles. The van der Waals surface area contributed by atoms with Gasteiger partial charge >= 0.3 is 7.82 Å². The minimum atomic E-state index is -4.33. The zero-order chi connectivity index (χ0) is 52.7. The highest BCUT2D eigenvalue weighted by atomic mass is 31.2. The smallest absolute Gasteiger partial charge is 0.391 e. The van der Waals surface area contributed by atoms with Gasteiger partial charge in [-0.3, -0.25) is 13.8 Å². The van der Waals surface area contributed by atoms with Crippen molar-refractivity contribution in [3.8, 4) is 0 Å². The van der Waals surface area contributed by atoms with Crippen molar-refractivity contribution in [2.75, 3.05) is 40.9 Å². The second-order valence-corrected chi connectivity index (χ2v) is 22.8. The second kappa shape index (κ2) is 53.5. The first-order valence-corrected chi connectivity index (χ1v) is 31.4. The first-order valence-electron chi connectivity index (χ1n) is 30.0. The van der Waals surface area contributed by atoms with Crippen molar-refractivity contribution >= 4 is 13.7 Å². The van der Waals surface area contributed by atoms with Gasteiger partial charge in [-0.2, -0.15) is 0 Å². The first-order chi connectivity index (χ1) is 35.0. The molecule has 3 N–H and O–H groups in total. The summed E-state index contributed by atoms with van der Waals surface area (Å²) < 4.78 is 23.8. The molecule has 0 fully saturated rings. The molecule has 0 saturated carbocycles. The van der Waals surface area contributed by atoms with Gasteiger partial charge in [-0.05, 0) is 70.6 Å². The van der Waals surface area contributed by atoms with Crippen molar-refractivity contribution in [2.24, 2.45) is 0 Å². The van der Waals surface area contributed by atoms with Crippen LogP contribution in [0.5, 0.6) is 0 Å². The van der Waals surface area contributed by atoms with E-state index < -0.39 is 20.0 Å². The number of hydrogen-bond donors (Lipinski definition) is 3. The summed E-state index contributed by atoms with van der Waals surface area (Å²) in [6, 6.07) is -0.773. The van der Waals surface area contributed by atoms with Crippen molar-refractivity contribution < 1.29 is 32.9 Å². The van der Waals surface area contributed by atoms with E-state index in [0.29, 0.717) is 23.9 Å². The van der Waals surface area contributed by atoms with Crippen molar-refractivity contribution in [2.45, 2.75) is 270 Å². The number of rotatable bonds is 54. The Balaban J connectivity index is 4.21. The van der Waals surface area contributed by atoms with E-state index in [4.69, 9.17) is 9.05 Å². The largest absolute Gasteiger partial charge is 0.472 e. The average molecular weight is 1030 g/mol. The van der Waals surface area contributed by atoms with Crippen LogP contribution in [0.25, 0.3) is 0 Å². The molecule has 0 aliphatic carbocycles. The molecule has 0 aliphatic heterocycles. The van der Waals surface area contributed by atoms with E-state index in [1.165, 1.54) is 141 Å². The Morgan fingerprint density at radius 3 is 1.22 bits per heavy atom. The summed E-state index contributed by atoms with van der Waals surface area (Å²) in [5.41, 5.74) is 0. The third-order valence-corrected chi connectivity index (χ3v) is 14.1. The number of quaternary nitrogens is 1. The highest BCUT2D eigenvalue weighted by Gasteiger charge is 2.28. The quantitative estimate of drug-likeness (QED) is 0.0243. The molecule has 0 aromatic carbocycles. The maximum atomic E-state index is 13.0. The minimum Gasteiger partial charge on any atom is -0.391 e. The molecule has 8 nitrogen and oxygen atoms in total. The Morgan fingerprint density at radius 1 is 0.486 bits per heavy atom. The molecule has 72 heavy (non-hydrogen) atoms. The van der Waals surface area contributed by atoms with Crippen LogP contribution in [0.1, 0.15) is 258 Å². The Morgan fingerprint density at radius 2 is 0.833 bits per heavy atom. The number of aliphatic hydroxyl groups is 1. The van der Waals surface area contributed by atoms with Crippen molar-refractivity contribution in [1.29, 1.82) is 0 Å². The molecule has 0 heterocycles. The number of aliphatic hydroxyl groups excluding tert-OH is 1. The second-order valence-electron chi connectivity index (χ2n) is 21.3. The number of carbonyl (C=O) groups excluding carboxylic acids is 1. The van der Waals surface area contributed by atoms with Crippen LogP contribution < -0.4 is 5.32 Å². The molecule has 9 heteroatoms. The zero-order valence-corrected chi connectivity index (χ0v) is 48.5. The monoisotopic (exact) mass is 1030 g/mol. The molecule has 1 amide bonds. The molecule has 418 valence electrons. The molecule has 0 bridgehead atoms. The molecular weight excluding hydrogens is 912 g/mol. The number of phosphoric ester groups is 1. The fraction of sp³-hybridized carbons (Fsp3) is 0.762. The summed E-state index contributed by atoms with van der Waals surface area (Å²) in [5.74, 6) is -0.156. The Bertz CT molecular complexity index is 1450. The minimum absolute atomic E-state index is 0.0685. The molecule has 3 unspecified atom stereocenters. The van der Waals surface area contributed by atoms with E-state index >= 15 is 0 Å². The highest BCUT2D eigenvalue weighted by molar-refractivity contribution is 7.47. The summed E-state index contributed by atoms with van der Waals surface area (Å²) in [7, 11) is 1.60. The lowest BCUT2D eigenvalue weighted by atomic mass is 10.0. The zero-order valence-electron chi connectivity index (χ0n) is 47.7. The van der Waals surface area contributed by atoms with Crippen molar-refractivity contribution in [3.05, 3.63) is 85.1 Å². The molecule has 0 saturated heterocycles. The van der Waals surface area contributed by atoms with Gasteiger partial charge in [0, 0.05) is 6.42 Å². The molecular formula is C63H116N2O6P+. The van der Waals surface area contributed by atoms with E-state index in [1.54, 1.807) is 0 Å². The van der Waals surface area contributed by atoms with E-state index in [0.717, 1.165) is 89.9 Å². The summed E-state index contributed by atoms with van der Waals surface area (Å²) in [4.78, 5) is 23.4. The molecule has 0 radical (unpaired) electrons. The van der Waals surface area contributed by atoms with Crippen LogP contribution in [-0.2, 0) is 18.4 Å². The van der Waals surface area contributed by atoms with Gasteiger partial charge in [0.25, 0.3) is 0 Å².